The maximum absolute atomic E-state index is 13.8. The molecular formula is C22H19FN6O. The van der Waals surface area contributed by atoms with Crippen LogP contribution in [0.15, 0.2) is 66.9 Å². The third kappa shape index (κ3) is 3.94. The maximum Gasteiger partial charge on any atom is 0.258 e. The predicted molar refractivity (Wildman–Crippen MR) is 112 cm³/mol. The molecule has 2 heterocycles. The van der Waals surface area contributed by atoms with Gasteiger partial charge in [0, 0.05) is 18.3 Å². The fourth-order valence-corrected chi connectivity index (χ4v) is 2.97. The van der Waals surface area contributed by atoms with Crippen LogP contribution in [0.4, 0.5) is 10.3 Å². The van der Waals surface area contributed by atoms with Crippen molar-refractivity contribution in [3.63, 3.8) is 0 Å². The van der Waals surface area contributed by atoms with E-state index in [9.17, 15) is 9.18 Å². The number of benzene rings is 2. The molecule has 0 spiro atoms. The highest BCUT2D eigenvalue weighted by Gasteiger charge is 2.18. The van der Waals surface area contributed by atoms with E-state index in [4.69, 9.17) is 5.73 Å². The summed E-state index contributed by atoms with van der Waals surface area (Å²) < 4.78 is 15.2. The standard InChI is InChI=1S/C22H19FN6O/c1-14-4-3-11-25-19(14)20-26-22(29(28-20)18-6-2-5-17(23)12-18)27-21(30)16-9-7-15(13-24)8-10-16/h2-12H,13,24H2,1H3,(H,26,27,28,30). The molecule has 0 saturated heterocycles. The Morgan fingerprint density at radius 1 is 1.13 bits per heavy atom. The molecule has 2 aromatic heterocycles. The van der Waals surface area contributed by atoms with E-state index in [1.54, 1.807) is 42.6 Å². The molecule has 1 amide bonds. The van der Waals surface area contributed by atoms with Gasteiger partial charge in [-0.25, -0.2) is 4.39 Å². The van der Waals surface area contributed by atoms with Crippen LogP contribution in [0.1, 0.15) is 21.5 Å². The van der Waals surface area contributed by atoms with Gasteiger partial charge in [-0.15, -0.1) is 5.10 Å². The zero-order valence-corrected chi connectivity index (χ0v) is 16.2. The molecule has 150 valence electrons. The van der Waals surface area contributed by atoms with Gasteiger partial charge < -0.3 is 5.73 Å². The summed E-state index contributed by atoms with van der Waals surface area (Å²) in [6.45, 7) is 2.28. The van der Waals surface area contributed by atoms with E-state index in [0.717, 1.165) is 11.1 Å². The maximum atomic E-state index is 13.8. The Morgan fingerprint density at radius 3 is 2.63 bits per heavy atom. The minimum atomic E-state index is -0.423. The van der Waals surface area contributed by atoms with Crippen LogP contribution >= 0.6 is 0 Å². The monoisotopic (exact) mass is 402 g/mol. The third-order valence-corrected chi connectivity index (χ3v) is 4.56. The molecule has 0 fully saturated rings. The van der Waals surface area contributed by atoms with Gasteiger partial charge in [-0.2, -0.15) is 9.67 Å². The van der Waals surface area contributed by atoms with E-state index < -0.39 is 5.82 Å². The van der Waals surface area contributed by atoms with Gasteiger partial charge in [0.15, 0.2) is 0 Å². The van der Waals surface area contributed by atoms with Crippen molar-refractivity contribution in [2.75, 3.05) is 5.32 Å². The fourth-order valence-electron chi connectivity index (χ4n) is 2.97. The molecule has 4 aromatic rings. The molecule has 0 saturated carbocycles. The van der Waals surface area contributed by atoms with Gasteiger partial charge in [0.1, 0.15) is 11.5 Å². The first-order chi connectivity index (χ1) is 14.5. The molecule has 0 unspecified atom stereocenters. The van der Waals surface area contributed by atoms with Gasteiger partial charge in [-0.3, -0.25) is 15.1 Å². The van der Waals surface area contributed by atoms with E-state index in [2.05, 4.69) is 20.4 Å². The smallest absolute Gasteiger partial charge is 0.258 e. The first-order valence-electron chi connectivity index (χ1n) is 9.30. The molecule has 4 rings (SSSR count). The van der Waals surface area contributed by atoms with E-state index in [1.165, 1.54) is 16.8 Å². The molecule has 7 nitrogen and oxygen atoms in total. The number of carbonyl (C=O) groups excluding carboxylic acids is 1. The van der Waals surface area contributed by atoms with Crippen molar-refractivity contribution in [3.8, 4) is 17.2 Å². The first kappa shape index (κ1) is 19.4. The molecule has 0 radical (unpaired) electrons. The van der Waals surface area contributed by atoms with Crippen LogP contribution in [0.25, 0.3) is 17.2 Å². The van der Waals surface area contributed by atoms with Gasteiger partial charge >= 0.3 is 0 Å². The molecule has 0 aliphatic heterocycles. The molecule has 0 aliphatic carbocycles. The highest BCUT2D eigenvalue weighted by atomic mass is 19.1. The van der Waals surface area contributed by atoms with Crippen LogP contribution in [-0.2, 0) is 6.54 Å². The number of anilines is 1. The summed E-state index contributed by atoms with van der Waals surface area (Å²) in [4.78, 5) is 21.6. The van der Waals surface area contributed by atoms with Crippen molar-refractivity contribution in [1.29, 1.82) is 0 Å². The van der Waals surface area contributed by atoms with E-state index >= 15 is 0 Å². The highest BCUT2D eigenvalue weighted by molar-refractivity contribution is 6.03. The number of hydrogen-bond acceptors (Lipinski definition) is 5. The van der Waals surface area contributed by atoms with Gasteiger partial charge in [-0.1, -0.05) is 24.3 Å². The van der Waals surface area contributed by atoms with E-state index in [1.807, 2.05) is 19.1 Å². The number of pyridine rings is 1. The average molecular weight is 402 g/mol. The zero-order valence-electron chi connectivity index (χ0n) is 16.2. The third-order valence-electron chi connectivity index (χ3n) is 4.56. The minimum Gasteiger partial charge on any atom is -0.326 e. The van der Waals surface area contributed by atoms with Crippen LogP contribution in [0.3, 0.4) is 0 Å². The van der Waals surface area contributed by atoms with Gasteiger partial charge in [0.2, 0.25) is 11.8 Å². The van der Waals surface area contributed by atoms with Crippen LogP contribution in [0.2, 0.25) is 0 Å². The lowest BCUT2D eigenvalue weighted by Gasteiger charge is -2.08. The number of nitrogens with one attached hydrogen (secondary N) is 1. The molecule has 30 heavy (non-hydrogen) atoms. The first-order valence-corrected chi connectivity index (χ1v) is 9.30. The lowest BCUT2D eigenvalue weighted by atomic mass is 10.1. The molecule has 0 aliphatic rings. The number of hydrogen-bond donors (Lipinski definition) is 2. The summed E-state index contributed by atoms with van der Waals surface area (Å²) in [5.41, 5.74) is 8.85. The second kappa shape index (κ2) is 8.22. The van der Waals surface area contributed by atoms with Crippen molar-refractivity contribution in [1.82, 2.24) is 19.7 Å². The van der Waals surface area contributed by atoms with Crippen molar-refractivity contribution < 1.29 is 9.18 Å². The zero-order chi connectivity index (χ0) is 21.1. The number of carbonyl (C=O) groups is 1. The normalized spacial score (nSPS) is 10.8. The molecule has 2 aromatic carbocycles. The van der Waals surface area contributed by atoms with Gasteiger partial charge in [-0.05, 0) is 54.4 Å². The summed E-state index contributed by atoms with van der Waals surface area (Å²) in [5.74, 6) is -0.305. The minimum absolute atomic E-state index is 0.161. The predicted octanol–water partition coefficient (Wildman–Crippen LogP) is 3.49. The quantitative estimate of drug-likeness (QED) is 0.532. The van der Waals surface area contributed by atoms with Crippen molar-refractivity contribution in [2.45, 2.75) is 13.5 Å². The second-order valence-corrected chi connectivity index (χ2v) is 6.67. The summed E-state index contributed by atoms with van der Waals surface area (Å²) >= 11 is 0. The van der Waals surface area contributed by atoms with Gasteiger partial charge in [0.05, 0.1) is 5.69 Å². The molecule has 0 bridgehead atoms. The Bertz CT molecular complexity index is 1200. The Morgan fingerprint density at radius 2 is 1.93 bits per heavy atom. The second-order valence-electron chi connectivity index (χ2n) is 6.67. The number of aryl methyl sites for hydroxylation is 1. The molecule has 8 heteroatoms. The van der Waals surface area contributed by atoms with Crippen LogP contribution in [0, 0.1) is 12.7 Å². The van der Waals surface area contributed by atoms with Crippen LogP contribution in [-0.4, -0.2) is 25.7 Å². The van der Waals surface area contributed by atoms with E-state index in [0.29, 0.717) is 29.3 Å². The molecule has 3 N–H and O–H groups in total. The largest absolute Gasteiger partial charge is 0.326 e. The summed E-state index contributed by atoms with van der Waals surface area (Å²) in [6.07, 6.45) is 1.64. The summed E-state index contributed by atoms with van der Waals surface area (Å²) in [7, 11) is 0. The number of amides is 1. The Kier molecular flexibility index (Phi) is 5.32. The number of halogens is 1. The van der Waals surface area contributed by atoms with Crippen molar-refractivity contribution in [2.24, 2.45) is 5.73 Å². The summed E-state index contributed by atoms with van der Waals surface area (Å²) in [6, 6.07) is 16.5. The Balaban J connectivity index is 1.75. The fraction of sp³-hybridized carbons (Fsp3) is 0.0909. The Labute approximate surface area is 172 Å². The lowest BCUT2D eigenvalue weighted by Crippen LogP contribution is -2.16. The molecular weight excluding hydrogens is 383 g/mol. The topological polar surface area (TPSA) is 98.7 Å². The lowest BCUT2D eigenvalue weighted by molar-refractivity contribution is 0.102. The van der Waals surface area contributed by atoms with Crippen molar-refractivity contribution >= 4 is 11.9 Å². The average Bonchev–Trinajstić information content (AvgIpc) is 3.17. The van der Waals surface area contributed by atoms with Crippen LogP contribution < -0.4 is 11.1 Å². The van der Waals surface area contributed by atoms with Crippen LogP contribution in [0.5, 0.6) is 0 Å². The summed E-state index contributed by atoms with van der Waals surface area (Å²) in [5, 5.41) is 7.23. The highest BCUT2D eigenvalue weighted by Crippen LogP contribution is 2.23. The number of nitrogens with two attached hydrogens (primary N) is 1. The molecule has 0 atom stereocenters. The number of aromatic nitrogens is 4. The SMILES string of the molecule is Cc1cccnc1-c1nc(NC(=O)c2ccc(CN)cc2)n(-c2cccc(F)c2)n1. The Hall–Kier alpha value is -3.91. The van der Waals surface area contributed by atoms with E-state index in [-0.39, 0.29) is 11.9 Å². The van der Waals surface area contributed by atoms with Crippen molar-refractivity contribution in [3.05, 3.63) is 89.4 Å². The number of nitrogens with zero attached hydrogens (tertiary/aromatic N) is 4. The number of rotatable bonds is 5. The van der Waals surface area contributed by atoms with Gasteiger partial charge in [0.25, 0.3) is 5.91 Å².